The summed E-state index contributed by atoms with van der Waals surface area (Å²) in [7, 11) is 0. The minimum atomic E-state index is 0.578. The van der Waals surface area contributed by atoms with Crippen LogP contribution in [0.3, 0.4) is 0 Å². The van der Waals surface area contributed by atoms with Crippen LogP contribution in [0.4, 0.5) is 5.69 Å². The van der Waals surface area contributed by atoms with Crippen molar-refractivity contribution in [2.24, 2.45) is 0 Å². The Hall–Kier alpha value is -1.74. The predicted octanol–water partition coefficient (Wildman–Crippen LogP) is 5.02. The molecule has 0 fully saturated rings. The molecule has 20 heavy (non-hydrogen) atoms. The standard InChI is InChI=1S/C17H18BrNO/c1-2-3-11-19-17-12-15(9-10-16(17)18)20-13-14-7-5-4-6-8-14/h2,4-10,12,19H,1,3,11,13H2. The van der Waals surface area contributed by atoms with E-state index in [-0.39, 0.29) is 0 Å². The first kappa shape index (κ1) is 14.7. The summed E-state index contributed by atoms with van der Waals surface area (Å²) < 4.78 is 6.85. The molecule has 2 aromatic carbocycles. The van der Waals surface area contributed by atoms with Crippen molar-refractivity contribution in [3.05, 3.63) is 71.2 Å². The lowest BCUT2D eigenvalue weighted by Gasteiger charge is -2.11. The molecule has 1 N–H and O–H groups in total. The van der Waals surface area contributed by atoms with E-state index in [9.17, 15) is 0 Å². The number of anilines is 1. The topological polar surface area (TPSA) is 21.3 Å². The largest absolute Gasteiger partial charge is 0.489 e. The Labute approximate surface area is 128 Å². The highest BCUT2D eigenvalue weighted by Gasteiger charge is 2.02. The van der Waals surface area contributed by atoms with E-state index >= 15 is 0 Å². The van der Waals surface area contributed by atoms with Crippen molar-refractivity contribution in [3.8, 4) is 5.75 Å². The fraction of sp³-hybridized carbons (Fsp3) is 0.176. The van der Waals surface area contributed by atoms with E-state index < -0.39 is 0 Å². The van der Waals surface area contributed by atoms with E-state index in [1.54, 1.807) is 0 Å². The van der Waals surface area contributed by atoms with Gasteiger partial charge in [0.25, 0.3) is 0 Å². The zero-order valence-corrected chi connectivity index (χ0v) is 12.9. The molecule has 0 saturated heterocycles. The molecule has 0 bridgehead atoms. The molecule has 0 spiro atoms. The van der Waals surface area contributed by atoms with Gasteiger partial charge in [0, 0.05) is 17.1 Å². The number of nitrogens with one attached hydrogen (secondary N) is 1. The highest BCUT2D eigenvalue weighted by molar-refractivity contribution is 9.10. The first-order valence-corrected chi connectivity index (χ1v) is 7.40. The van der Waals surface area contributed by atoms with Crippen LogP contribution < -0.4 is 10.1 Å². The normalized spacial score (nSPS) is 10.1. The van der Waals surface area contributed by atoms with Gasteiger partial charge in [0.05, 0.1) is 5.69 Å². The SMILES string of the molecule is C=CCCNc1cc(OCc2ccccc2)ccc1Br. The Morgan fingerprint density at radius 3 is 2.70 bits per heavy atom. The number of hydrogen-bond acceptors (Lipinski definition) is 2. The van der Waals surface area contributed by atoms with Crippen molar-refractivity contribution < 1.29 is 4.74 Å². The van der Waals surface area contributed by atoms with Gasteiger partial charge in [-0.05, 0) is 40.0 Å². The van der Waals surface area contributed by atoms with Gasteiger partial charge in [0.2, 0.25) is 0 Å². The van der Waals surface area contributed by atoms with Gasteiger partial charge in [0.15, 0.2) is 0 Å². The van der Waals surface area contributed by atoms with Crippen LogP contribution in [0, 0.1) is 0 Å². The van der Waals surface area contributed by atoms with Crippen molar-refractivity contribution in [2.75, 3.05) is 11.9 Å². The second kappa shape index (κ2) is 7.75. The van der Waals surface area contributed by atoms with Crippen LogP contribution in [-0.2, 0) is 6.61 Å². The Bertz CT molecular complexity index is 554. The number of ether oxygens (including phenoxy) is 1. The monoisotopic (exact) mass is 331 g/mol. The minimum absolute atomic E-state index is 0.578. The fourth-order valence-electron chi connectivity index (χ4n) is 1.78. The average Bonchev–Trinajstić information content (AvgIpc) is 2.49. The van der Waals surface area contributed by atoms with Gasteiger partial charge in [-0.2, -0.15) is 0 Å². The lowest BCUT2D eigenvalue weighted by molar-refractivity contribution is 0.306. The van der Waals surface area contributed by atoms with Crippen LogP contribution in [-0.4, -0.2) is 6.54 Å². The summed E-state index contributed by atoms with van der Waals surface area (Å²) in [5.41, 5.74) is 2.20. The third-order valence-electron chi connectivity index (χ3n) is 2.85. The molecule has 3 heteroatoms. The zero-order chi connectivity index (χ0) is 14.2. The maximum absolute atomic E-state index is 5.81. The van der Waals surface area contributed by atoms with Crippen LogP contribution >= 0.6 is 15.9 Å². The molecule has 0 aliphatic heterocycles. The minimum Gasteiger partial charge on any atom is -0.489 e. The maximum Gasteiger partial charge on any atom is 0.121 e. The highest BCUT2D eigenvalue weighted by atomic mass is 79.9. The second-order valence-electron chi connectivity index (χ2n) is 4.42. The van der Waals surface area contributed by atoms with Crippen LogP contribution in [0.5, 0.6) is 5.75 Å². The van der Waals surface area contributed by atoms with Crippen molar-refractivity contribution in [3.63, 3.8) is 0 Å². The van der Waals surface area contributed by atoms with Gasteiger partial charge < -0.3 is 10.1 Å². The quantitative estimate of drug-likeness (QED) is 0.568. The van der Waals surface area contributed by atoms with Crippen molar-refractivity contribution in [2.45, 2.75) is 13.0 Å². The Morgan fingerprint density at radius 1 is 1.15 bits per heavy atom. The molecule has 0 atom stereocenters. The smallest absolute Gasteiger partial charge is 0.121 e. The average molecular weight is 332 g/mol. The summed E-state index contributed by atoms with van der Waals surface area (Å²) in [6.07, 6.45) is 2.83. The molecular formula is C17H18BrNO. The molecule has 0 heterocycles. The van der Waals surface area contributed by atoms with Gasteiger partial charge in [-0.1, -0.05) is 36.4 Å². The van der Waals surface area contributed by atoms with E-state index in [1.165, 1.54) is 0 Å². The molecule has 0 saturated carbocycles. The third kappa shape index (κ3) is 4.42. The Balaban J connectivity index is 1.98. The zero-order valence-electron chi connectivity index (χ0n) is 11.3. The van der Waals surface area contributed by atoms with Crippen molar-refractivity contribution in [1.29, 1.82) is 0 Å². The molecule has 0 amide bonds. The lowest BCUT2D eigenvalue weighted by Crippen LogP contribution is -2.02. The first-order chi connectivity index (χ1) is 9.79. The van der Waals surface area contributed by atoms with Gasteiger partial charge in [-0.15, -0.1) is 6.58 Å². The number of benzene rings is 2. The van der Waals surface area contributed by atoms with Crippen molar-refractivity contribution in [1.82, 2.24) is 0 Å². The molecule has 2 rings (SSSR count). The molecule has 104 valence electrons. The molecule has 0 radical (unpaired) electrons. The molecule has 2 aromatic rings. The molecular weight excluding hydrogens is 314 g/mol. The molecule has 0 aromatic heterocycles. The van der Waals surface area contributed by atoms with Crippen LogP contribution in [0.2, 0.25) is 0 Å². The molecule has 0 unspecified atom stereocenters. The van der Waals surface area contributed by atoms with E-state index in [0.717, 1.165) is 34.4 Å². The maximum atomic E-state index is 5.81. The Kier molecular flexibility index (Phi) is 5.69. The second-order valence-corrected chi connectivity index (χ2v) is 5.27. The van der Waals surface area contributed by atoms with Gasteiger partial charge in [-0.3, -0.25) is 0 Å². The Morgan fingerprint density at radius 2 is 1.95 bits per heavy atom. The summed E-state index contributed by atoms with van der Waals surface area (Å²) in [4.78, 5) is 0. The predicted molar refractivity (Wildman–Crippen MR) is 88.2 cm³/mol. The van der Waals surface area contributed by atoms with Crippen LogP contribution in [0.15, 0.2) is 65.7 Å². The van der Waals surface area contributed by atoms with Crippen LogP contribution in [0.25, 0.3) is 0 Å². The number of halogens is 1. The van der Waals surface area contributed by atoms with Gasteiger partial charge >= 0.3 is 0 Å². The molecule has 2 nitrogen and oxygen atoms in total. The lowest BCUT2D eigenvalue weighted by atomic mass is 10.2. The summed E-state index contributed by atoms with van der Waals surface area (Å²) in [5.74, 6) is 0.859. The van der Waals surface area contributed by atoms with E-state index in [1.807, 2.05) is 42.5 Å². The first-order valence-electron chi connectivity index (χ1n) is 6.60. The third-order valence-corrected chi connectivity index (χ3v) is 3.54. The van der Waals surface area contributed by atoms with E-state index in [4.69, 9.17) is 4.74 Å². The molecule has 0 aliphatic rings. The number of rotatable bonds is 7. The number of hydrogen-bond donors (Lipinski definition) is 1. The van der Waals surface area contributed by atoms with Gasteiger partial charge in [0.1, 0.15) is 12.4 Å². The molecule has 0 aliphatic carbocycles. The van der Waals surface area contributed by atoms with Crippen LogP contribution in [0.1, 0.15) is 12.0 Å². The summed E-state index contributed by atoms with van der Waals surface area (Å²) in [6, 6.07) is 16.1. The fourth-order valence-corrected chi connectivity index (χ4v) is 2.17. The summed E-state index contributed by atoms with van der Waals surface area (Å²) >= 11 is 3.53. The highest BCUT2D eigenvalue weighted by Crippen LogP contribution is 2.27. The summed E-state index contributed by atoms with van der Waals surface area (Å²) in [6.45, 7) is 5.16. The van der Waals surface area contributed by atoms with Crippen molar-refractivity contribution >= 4 is 21.6 Å². The van der Waals surface area contributed by atoms with E-state index in [0.29, 0.717) is 6.61 Å². The van der Waals surface area contributed by atoms with E-state index in [2.05, 4.69) is 40.0 Å². The summed E-state index contributed by atoms with van der Waals surface area (Å²) in [5, 5.41) is 3.35. The van der Waals surface area contributed by atoms with Gasteiger partial charge in [-0.25, -0.2) is 0 Å².